The summed E-state index contributed by atoms with van der Waals surface area (Å²) in [5.41, 5.74) is 6.76. The Bertz CT molecular complexity index is 583. The predicted octanol–water partition coefficient (Wildman–Crippen LogP) is 1.37. The van der Waals surface area contributed by atoms with Crippen molar-refractivity contribution < 1.29 is 4.79 Å². The molecule has 0 spiro atoms. The first-order valence-electron chi connectivity index (χ1n) is 7.00. The van der Waals surface area contributed by atoms with Crippen molar-refractivity contribution in [1.29, 1.82) is 0 Å². The van der Waals surface area contributed by atoms with Crippen LogP contribution in [0.3, 0.4) is 0 Å². The van der Waals surface area contributed by atoms with Crippen LogP contribution in [0.5, 0.6) is 0 Å². The SMILES string of the molecule is CCC(CC)(CN)C(=O)Nc1cccc(-n2cnnn2)c1. The summed E-state index contributed by atoms with van der Waals surface area (Å²) in [5, 5.41) is 14.0. The molecule has 0 saturated heterocycles. The first kappa shape index (κ1) is 15.1. The molecule has 1 heterocycles. The second-order valence-corrected chi connectivity index (χ2v) is 4.95. The Morgan fingerprint density at radius 3 is 2.71 bits per heavy atom. The minimum Gasteiger partial charge on any atom is -0.329 e. The van der Waals surface area contributed by atoms with Gasteiger partial charge in [-0.05, 0) is 41.5 Å². The van der Waals surface area contributed by atoms with E-state index >= 15 is 0 Å². The molecule has 2 aromatic rings. The summed E-state index contributed by atoms with van der Waals surface area (Å²) in [6.45, 7) is 4.29. The highest BCUT2D eigenvalue weighted by Gasteiger charge is 2.33. The normalized spacial score (nSPS) is 11.4. The first-order valence-corrected chi connectivity index (χ1v) is 7.00. The number of anilines is 1. The largest absolute Gasteiger partial charge is 0.329 e. The van der Waals surface area contributed by atoms with E-state index in [2.05, 4.69) is 20.8 Å². The van der Waals surface area contributed by atoms with Crippen LogP contribution in [0.25, 0.3) is 5.69 Å². The van der Waals surface area contributed by atoms with E-state index < -0.39 is 5.41 Å². The van der Waals surface area contributed by atoms with E-state index in [-0.39, 0.29) is 5.91 Å². The van der Waals surface area contributed by atoms with E-state index in [1.807, 2.05) is 38.1 Å². The lowest BCUT2D eigenvalue weighted by Gasteiger charge is -2.28. The number of carbonyl (C=O) groups is 1. The lowest BCUT2D eigenvalue weighted by molar-refractivity contribution is -0.125. The molecule has 1 aromatic carbocycles. The van der Waals surface area contributed by atoms with Crippen molar-refractivity contribution in [3.05, 3.63) is 30.6 Å². The number of hydrogen-bond acceptors (Lipinski definition) is 5. The Morgan fingerprint density at radius 2 is 2.14 bits per heavy atom. The number of carbonyl (C=O) groups excluding carboxylic acids is 1. The number of nitrogens with two attached hydrogens (primary N) is 1. The quantitative estimate of drug-likeness (QED) is 0.836. The van der Waals surface area contributed by atoms with Gasteiger partial charge in [0.2, 0.25) is 5.91 Å². The van der Waals surface area contributed by atoms with Gasteiger partial charge >= 0.3 is 0 Å². The van der Waals surface area contributed by atoms with Gasteiger partial charge in [-0.3, -0.25) is 4.79 Å². The van der Waals surface area contributed by atoms with Crippen LogP contribution in [-0.2, 0) is 4.79 Å². The molecule has 0 saturated carbocycles. The molecule has 0 radical (unpaired) electrons. The van der Waals surface area contributed by atoms with Crippen molar-refractivity contribution in [1.82, 2.24) is 20.2 Å². The van der Waals surface area contributed by atoms with E-state index in [1.54, 1.807) is 0 Å². The number of amides is 1. The highest BCUT2D eigenvalue weighted by atomic mass is 16.2. The molecule has 3 N–H and O–H groups in total. The molecule has 0 aliphatic heterocycles. The van der Waals surface area contributed by atoms with Gasteiger partial charge in [-0.15, -0.1) is 5.10 Å². The van der Waals surface area contributed by atoms with Crippen molar-refractivity contribution >= 4 is 11.6 Å². The van der Waals surface area contributed by atoms with Crippen LogP contribution in [0.2, 0.25) is 0 Å². The Hall–Kier alpha value is -2.28. The molecule has 0 unspecified atom stereocenters. The van der Waals surface area contributed by atoms with Gasteiger partial charge in [0.25, 0.3) is 0 Å². The van der Waals surface area contributed by atoms with Crippen LogP contribution < -0.4 is 11.1 Å². The lowest BCUT2D eigenvalue weighted by Crippen LogP contribution is -2.41. The third-order valence-electron chi connectivity index (χ3n) is 3.94. The van der Waals surface area contributed by atoms with Crippen LogP contribution in [0.15, 0.2) is 30.6 Å². The zero-order chi connectivity index (χ0) is 15.3. The summed E-state index contributed by atoms with van der Waals surface area (Å²) in [5.74, 6) is -0.0520. The zero-order valence-electron chi connectivity index (χ0n) is 12.3. The third-order valence-corrected chi connectivity index (χ3v) is 3.94. The number of rotatable bonds is 6. The minimum atomic E-state index is -0.523. The van der Waals surface area contributed by atoms with Crippen LogP contribution in [0.4, 0.5) is 5.69 Å². The molecule has 0 aliphatic carbocycles. The lowest BCUT2D eigenvalue weighted by atomic mass is 9.81. The van der Waals surface area contributed by atoms with E-state index in [9.17, 15) is 4.79 Å². The number of nitrogens with zero attached hydrogens (tertiary/aromatic N) is 4. The van der Waals surface area contributed by atoms with Crippen molar-refractivity contribution in [3.8, 4) is 5.69 Å². The summed E-state index contributed by atoms with van der Waals surface area (Å²) in [4.78, 5) is 12.5. The van der Waals surface area contributed by atoms with Gasteiger partial charge in [-0.1, -0.05) is 19.9 Å². The molecule has 2 rings (SSSR count). The van der Waals surface area contributed by atoms with Gasteiger partial charge < -0.3 is 11.1 Å². The maximum absolute atomic E-state index is 12.5. The van der Waals surface area contributed by atoms with Gasteiger partial charge in [0.1, 0.15) is 6.33 Å². The number of tetrazole rings is 1. The maximum Gasteiger partial charge on any atom is 0.231 e. The van der Waals surface area contributed by atoms with E-state index in [0.717, 1.165) is 5.69 Å². The molecule has 7 heteroatoms. The summed E-state index contributed by atoms with van der Waals surface area (Å²) < 4.78 is 1.53. The number of benzene rings is 1. The van der Waals surface area contributed by atoms with Gasteiger partial charge in [-0.25, -0.2) is 4.68 Å². The number of aromatic nitrogens is 4. The Kier molecular flexibility index (Phi) is 4.64. The summed E-state index contributed by atoms with van der Waals surface area (Å²) in [6.07, 6.45) is 2.92. The second kappa shape index (κ2) is 6.45. The maximum atomic E-state index is 12.5. The molecule has 0 aliphatic rings. The Morgan fingerprint density at radius 1 is 1.38 bits per heavy atom. The summed E-state index contributed by atoms with van der Waals surface area (Å²) in [6, 6.07) is 7.36. The van der Waals surface area contributed by atoms with Crippen molar-refractivity contribution in [2.24, 2.45) is 11.1 Å². The average molecular weight is 288 g/mol. The first-order chi connectivity index (χ1) is 10.1. The fourth-order valence-electron chi connectivity index (χ4n) is 2.22. The molecule has 21 heavy (non-hydrogen) atoms. The van der Waals surface area contributed by atoms with E-state index in [1.165, 1.54) is 11.0 Å². The monoisotopic (exact) mass is 288 g/mol. The van der Waals surface area contributed by atoms with E-state index in [4.69, 9.17) is 5.73 Å². The zero-order valence-corrected chi connectivity index (χ0v) is 12.3. The molecular weight excluding hydrogens is 268 g/mol. The van der Waals surface area contributed by atoms with Crippen LogP contribution in [0, 0.1) is 5.41 Å². The molecule has 1 amide bonds. The third kappa shape index (κ3) is 3.08. The van der Waals surface area contributed by atoms with Crippen molar-refractivity contribution in [2.45, 2.75) is 26.7 Å². The van der Waals surface area contributed by atoms with Crippen LogP contribution in [0.1, 0.15) is 26.7 Å². The molecule has 0 bridgehead atoms. The Balaban J connectivity index is 2.20. The smallest absolute Gasteiger partial charge is 0.231 e. The topological polar surface area (TPSA) is 98.7 Å². The fraction of sp³-hybridized carbons (Fsp3) is 0.429. The number of hydrogen-bond donors (Lipinski definition) is 2. The molecule has 7 nitrogen and oxygen atoms in total. The van der Waals surface area contributed by atoms with Crippen molar-refractivity contribution in [3.63, 3.8) is 0 Å². The van der Waals surface area contributed by atoms with Gasteiger partial charge in [0.15, 0.2) is 0 Å². The summed E-state index contributed by atoms with van der Waals surface area (Å²) in [7, 11) is 0. The van der Waals surface area contributed by atoms with Crippen LogP contribution in [-0.4, -0.2) is 32.7 Å². The summed E-state index contributed by atoms with van der Waals surface area (Å²) >= 11 is 0. The molecule has 0 fully saturated rings. The molecule has 112 valence electrons. The fourth-order valence-corrected chi connectivity index (χ4v) is 2.22. The molecule has 0 atom stereocenters. The van der Waals surface area contributed by atoms with Crippen molar-refractivity contribution in [2.75, 3.05) is 11.9 Å². The minimum absolute atomic E-state index is 0.0520. The highest BCUT2D eigenvalue weighted by molar-refractivity contribution is 5.95. The standard InChI is InChI=1S/C14H20N6O/c1-3-14(4-2,9-15)13(21)17-11-6-5-7-12(8-11)20-10-16-18-19-20/h5-8,10H,3-4,9,15H2,1-2H3,(H,17,21). The Labute approximate surface area is 123 Å². The predicted molar refractivity (Wildman–Crippen MR) is 79.9 cm³/mol. The number of nitrogens with one attached hydrogen (secondary N) is 1. The second-order valence-electron chi connectivity index (χ2n) is 4.95. The van der Waals surface area contributed by atoms with Gasteiger partial charge in [0.05, 0.1) is 11.1 Å². The molecular formula is C14H20N6O. The van der Waals surface area contributed by atoms with Crippen LogP contribution >= 0.6 is 0 Å². The average Bonchev–Trinajstić information content (AvgIpc) is 3.04. The van der Waals surface area contributed by atoms with Gasteiger partial charge in [0, 0.05) is 12.2 Å². The molecule has 1 aromatic heterocycles. The van der Waals surface area contributed by atoms with Gasteiger partial charge in [-0.2, -0.15) is 0 Å². The highest BCUT2D eigenvalue weighted by Crippen LogP contribution is 2.27. The van der Waals surface area contributed by atoms with E-state index in [0.29, 0.717) is 25.1 Å².